The number of aromatic amines is 2. The van der Waals surface area contributed by atoms with E-state index in [0.29, 0.717) is 16.6 Å². The third kappa shape index (κ3) is 4.27. The van der Waals surface area contributed by atoms with Crippen molar-refractivity contribution in [3.8, 4) is 6.01 Å². The molecular formula is C20H23BN4O6. The van der Waals surface area contributed by atoms with E-state index in [9.17, 15) is 15.3 Å². The lowest BCUT2D eigenvalue weighted by molar-refractivity contribution is -0.114. The molecule has 0 aliphatic carbocycles. The minimum absolute atomic E-state index is 0.105. The van der Waals surface area contributed by atoms with Crippen LogP contribution in [0.3, 0.4) is 0 Å². The fraction of sp³-hybridized carbons (Fsp3) is 0.300. The largest absolute Gasteiger partial charge is 0.716 e. The monoisotopic (exact) mass is 426 g/mol. The van der Waals surface area contributed by atoms with Crippen LogP contribution >= 0.6 is 0 Å². The molecular weight excluding hydrogens is 403 g/mol. The topological polar surface area (TPSA) is 146 Å². The molecule has 0 saturated heterocycles. The van der Waals surface area contributed by atoms with Gasteiger partial charge in [0.25, 0.3) is 6.01 Å². The molecule has 0 radical (unpaired) electrons. The minimum atomic E-state index is -1.69. The fourth-order valence-electron chi connectivity index (χ4n) is 3.24. The van der Waals surface area contributed by atoms with Crippen molar-refractivity contribution in [2.45, 2.75) is 18.6 Å². The summed E-state index contributed by atoms with van der Waals surface area (Å²) in [6.45, 7) is 0.460. The van der Waals surface area contributed by atoms with Crippen LogP contribution in [-0.2, 0) is 14.9 Å². The number of para-hydroxylation sites is 4. The van der Waals surface area contributed by atoms with E-state index in [4.69, 9.17) is 14.0 Å². The number of nitrogens with one attached hydrogen (secondary N) is 2. The van der Waals surface area contributed by atoms with E-state index in [-0.39, 0.29) is 25.0 Å². The van der Waals surface area contributed by atoms with Crippen molar-refractivity contribution >= 4 is 29.4 Å². The minimum Gasteiger partial charge on any atom is -0.484 e. The number of nitrogens with zero attached hydrogens (tertiary/aromatic N) is 2. The Balaban J connectivity index is 1.66. The van der Waals surface area contributed by atoms with E-state index in [1.165, 1.54) is 6.92 Å². The predicted molar refractivity (Wildman–Crippen MR) is 113 cm³/mol. The molecule has 5 N–H and O–H groups in total. The number of aliphatic hydroxyl groups is 3. The highest BCUT2D eigenvalue weighted by Gasteiger charge is 2.47. The first-order chi connectivity index (χ1) is 15.1. The molecule has 0 saturated carbocycles. The Morgan fingerprint density at radius 2 is 1.65 bits per heavy atom. The molecule has 162 valence electrons. The van der Waals surface area contributed by atoms with Gasteiger partial charge in [0.1, 0.15) is 5.82 Å². The zero-order chi connectivity index (χ0) is 21.8. The summed E-state index contributed by atoms with van der Waals surface area (Å²) >= 11 is 0. The van der Waals surface area contributed by atoms with Crippen molar-refractivity contribution in [2.24, 2.45) is 0 Å². The Kier molecular flexibility index (Phi) is 6.21. The predicted octanol–water partition coefficient (Wildman–Crippen LogP) is 1.10. The van der Waals surface area contributed by atoms with Crippen LogP contribution in [0.4, 0.5) is 0 Å². The SMILES string of the molecule is CC(O)C(CO)(OB(OCCO)Oc1nc2ccccc2[nH]1)c1nc2ccccc2[nH]1. The van der Waals surface area contributed by atoms with Gasteiger partial charge in [0.05, 0.1) is 48.0 Å². The molecule has 10 nitrogen and oxygen atoms in total. The first-order valence-corrected chi connectivity index (χ1v) is 9.81. The Morgan fingerprint density at radius 3 is 2.23 bits per heavy atom. The number of hydrogen-bond donors (Lipinski definition) is 5. The van der Waals surface area contributed by atoms with Crippen molar-refractivity contribution in [1.29, 1.82) is 0 Å². The number of fused-ring (bicyclic) bond motifs is 2. The Labute approximate surface area is 178 Å². The maximum absolute atomic E-state index is 10.6. The molecule has 2 heterocycles. The number of aliphatic hydroxyl groups excluding tert-OH is 3. The van der Waals surface area contributed by atoms with Crippen molar-refractivity contribution in [3.05, 3.63) is 54.4 Å². The molecule has 0 aliphatic rings. The average molecular weight is 426 g/mol. The van der Waals surface area contributed by atoms with Gasteiger partial charge in [0, 0.05) is 0 Å². The average Bonchev–Trinajstić information content (AvgIpc) is 3.39. The Morgan fingerprint density at radius 1 is 1.00 bits per heavy atom. The van der Waals surface area contributed by atoms with E-state index in [1.807, 2.05) is 42.5 Å². The van der Waals surface area contributed by atoms with E-state index >= 15 is 0 Å². The Hall–Kier alpha value is -2.96. The van der Waals surface area contributed by atoms with E-state index in [0.717, 1.165) is 5.52 Å². The highest BCUT2D eigenvalue weighted by atomic mass is 16.8. The summed E-state index contributed by atoms with van der Waals surface area (Å²) < 4.78 is 17.2. The van der Waals surface area contributed by atoms with Crippen LogP contribution in [0, 0.1) is 0 Å². The zero-order valence-electron chi connectivity index (χ0n) is 16.9. The summed E-state index contributed by atoms with van der Waals surface area (Å²) in [5, 5.41) is 30.0. The number of hydrogen-bond acceptors (Lipinski definition) is 8. The van der Waals surface area contributed by atoms with Crippen LogP contribution in [0.1, 0.15) is 12.7 Å². The van der Waals surface area contributed by atoms with Gasteiger partial charge in [-0.2, -0.15) is 4.98 Å². The van der Waals surface area contributed by atoms with Gasteiger partial charge in [-0.1, -0.05) is 24.3 Å². The van der Waals surface area contributed by atoms with Crippen molar-refractivity contribution in [1.82, 2.24) is 19.9 Å². The van der Waals surface area contributed by atoms with Gasteiger partial charge < -0.3 is 39.3 Å². The Bertz CT molecular complexity index is 1080. The van der Waals surface area contributed by atoms with Gasteiger partial charge in [0.15, 0.2) is 5.60 Å². The standard InChI is InChI=1S/C20H23BN4O6/c1-13(28)20(12-27,18-22-14-6-2-3-7-15(14)23-18)31-21(29-11-10-26)30-19-24-16-8-4-5-9-17(16)25-19/h2-9,13,26-28H,10-12H2,1H3,(H,22,23)(H,24,25). The normalized spacial score (nSPS) is 14.6. The number of H-pyrrole nitrogens is 2. The molecule has 0 spiro atoms. The highest BCUT2D eigenvalue weighted by molar-refractivity contribution is 6.37. The molecule has 0 bridgehead atoms. The molecule has 11 heteroatoms. The maximum Gasteiger partial charge on any atom is 0.716 e. The van der Waals surface area contributed by atoms with Gasteiger partial charge in [-0.05, 0) is 31.2 Å². The first-order valence-electron chi connectivity index (χ1n) is 9.81. The van der Waals surface area contributed by atoms with Crippen LogP contribution in [0.15, 0.2) is 48.5 Å². The summed E-state index contributed by atoms with van der Waals surface area (Å²) in [6, 6.07) is 14.7. The molecule has 2 unspecified atom stereocenters. The quantitative estimate of drug-likeness (QED) is 0.237. The van der Waals surface area contributed by atoms with Gasteiger partial charge in [0.2, 0.25) is 0 Å². The molecule has 2 atom stereocenters. The molecule has 2 aromatic carbocycles. The maximum atomic E-state index is 10.6. The fourth-order valence-corrected chi connectivity index (χ4v) is 3.24. The van der Waals surface area contributed by atoms with Crippen LogP contribution in [0.25, 0.3) is 22.1 Å². The van der Waals surface area contributed by atoms with Gasteiger partial charge in [-0.15, -0.1) is 0 Å². The summed E-state index contributed by atoms with van der Waals surface area (Å²) in [5.74, 6) is 0.206. The van der Waals surface area contributed by atoms with E-state index in [1.54, 1.807) is 6.07 Å². The summed E-state index contributed by atoms with van der Waals surface area (Å²) in [4.78, 5) is 14.9. The van der Waals surface area contributed by atoms with Crippen LogP contribution in [-0.4, -0.2) is 68.5 Å². The van der Waals surface area contributed by atoms with E-state index < -0.39 is 25.6 Å². The number of imidazole rings is 2. The smallest absolute Gasteiger partial charge is 0.484 e. The van der Waals surface area contributed by atoms with Crippen molar-refractivity contribution in [2.75, 3.05) is 19.8 Å². The van der Waals surface area contributed by atoms with Crippen molar-refractivity contribution in [3.63, 3.8) is 0 Å². The second kappa shape index (κ2) is 9.04. The van der Waals surface area contributed by atoms with Gasteiger partial charge in [-0.3, -0.25) is 0 Å². The lowest BCUT2D eigenvalue weighted by atomic mass is 9.95. The molecule has 0 aliphatic heterocycles. The molecule has 2 aromatic heterocycles. The molecule has 4 aromatic rings. The number of benzene rings is 2. The lowest BCUT2D eigenvalue weighted by Gasteiger charge is -2.34. The third-order valence-electron chi connectivity index (χ3n) is 4.93. The summed E-state index contributed by atoms with van der Waals surface area (Å²) in [6.07, 6.45) is -1.20. The summed E-state index contributed by atoms with van der Waals surface area (Å²) in [7, 11) is -1.41. The van der Waals surface area contributed by atoms with E-state index in [2.05, 4.69) is 19.9 Å². The van der Waals surface area contributed by atoms with Crippen LogP contribution < -0.4 is 4.65 Å². The first kappa shape index (κ1) is 21.3. The molecule has 0 fully saturated rings. The van der Waals surface area contributed by atoms with Gasteiger partial charge >= 0.3 is 7.32 Å². The van der Waals surface area contributed by atoms with Crippen LogP contribution in [0.2, 0.25) is 0 Å². The van der Waals surface area contributed by atoms with Crippen LogP contribution in [0.5, 0.6) is 6.01 Å². The second-order valence-electron chi connectivity index (χ2n) is 7.00. The number of aromatic nitrogens is 4. The molecule has 31 heavy (non-hydrogen) atoms. The van der Waals surface area contributed by atoms with Crippen molar-refractivity contribution < 1.29 is 29.3 Å². The highest BCUT2D eigenvalue weighted by Crippen LogP contribution is 2.31. The number of rotatable bonds is 10. The molecule has 0 amide bonds. The summed E-state index contributed by atoms with van der Waals surface area (Å²) in [5.41, 5.74) is 1.10. The zero-order valence-corrected chi connectivity index (χ0v) is 16.9. The lowest BCUT2D eigenvalue weighted by Crippen LogP contribution is -2.51. The van der Waals surface area contributed by atoms with Gasteiger partial charge in [-0.25, -0.2) is 4.98 Å². The second-order valence-corrected chi connectivity index (χ2v) is 7.00. The third-order valence-corrected chi connectivity index (χ3v) is 4.93. The molecule has 4 rings (SSSR count).